The molecule has 4 N–H and O–H groups in total. The number of nitrogen functional groups attached to an aromatic ring is 1. The van der Waals surface area contributed by atoms with Crippen LogP contribution in [0.4, 0.5) is 5.69 Å². The average Bonchev–Trinajstić information content (AvgIpc) is 2.82. The van der Waals surface area contributed by atoms with Crippen molar-refractivity contribution in [3.05, 3.63) is 18.0 Å². The predicted molar refractivity (Wildman–Crippen MR) is 76.7 cm³/mol. The molecule has 8 heteroatoms. The van der Waals surface area contributed by atoms with Crippen LogP contribution in [-0.2, 0) is 10.0 Å². The molecule has 1 aromatic heterocycles. The second-order valence-electron chi connectivity index (χ2n) is 5.23. The summed E-state index contributed by atoms with van der Waals surface area (Å²) in [5, 5.41) is 0. The zero-order valence-corrected chi connectivity index (χ0v) is 12.2. The number of anilines is 1. The number of carbonyl (C=O) groups excluding carboxylic acids is 1. The number of nitrogens with one attached hydrogen (secondary N) is 2. The number of aromatic nitrogens is 1. The van der Waals surface area contributed by atoms with Crippen LogP contribution in [0.3, 0.4) is 0 Å². The van der Waals surface area contributed by atoms with Crippen LogP contribution in [0.5, 0.6) is 0 Å². The van der Waals surface area contributed by atoms with Crippen molar-refractivity contribution in [2.75, 3.05) is 31.6 Å². The van der Waals surface area contributed by atoms with Crippen molar-refractivity contribution in [2.45, 2.75) is 12.8 Å². The van der Waals surface area contributed by atoms with Gasteiger partial charge in [-0.15, -0.1) is 0 Å². The molecule has 20 heavy (non-hydrogen) atoms. The number of sulfonamides is 1. The zero-order chi connectivity index (χ0) is 14.8. The molecule has 1 amide bonds. The highest BCUT2D eigenvalue weighted by Crippen LogP contribution is 2.18. The number of aromatic amines is 1. The molecule has 1 saturated heterocycles. The maximum Gasteiger partial charge on any atom is 0.270 e. The van der Waals surface area contributed by atoms with Gasteiger partial charge in [-0.1, -0.05) is 0 Å². The maximum atomic E-state index is 12.3. The van der Waals surface area contributed by atoms with Crippen molar-refractivity contribution in [3.8, 4) is 0 Å². The lowest BCUT2D eigenvalue weighted by atomic mass is 9.98. The van der Waals surface area contributed by atoms with E-state index in [0.717, 1.165) is 19.1 Å². The lowest BCUT2D eigenvalue weighted by molar-refractivity contribution is 0.0671. The highest BCUT2D eigenvalue weighted by Gasteiger charge is 2.25. The van der Waals surface area contributed by atoms with Gasteiger partial charge in [-0.2, -0.15) is 0 Å². The first kappa shape index (κ1) is 14.9. The summed E-state index contributed by atoms with van der Waals surface area (Å²) in [6.07, 6.45) is 4.51. The number of nitrogens with two attached hydrogens (primary N) is 1. The van der Waals surface area contributed by atoms with E-state index in [2.05, 4.69) is 9.71 Å². The molecular formula is C12H20N4O3S. The lowest BCUT2D eigenvalue weighted by Crippen LogP contribution is -2.43. The average molecular weight is 300 g/mol. The SMILES string of the molecule is CS(=O)(=O)NCC1CCCN(C(=O)c2cc(N)c[nH]2)C1. The van der Waals surface area contributed by atoms with Gasteiger partial charge in [0.2, 0.25) is 10.0 Å². The fourth-order valence-corrected chi connectivity index (χ4v) is 2.93. The molecular weight excluding hydrogens is 280 g/mol. The molecule has 0 radical (unpaired) electrons. The van der Waals surface area contributed by atoms with Gasteiger partial charge in [-0.05, 0) is 24.8 Å². The molecule has 7 nitrogen and oxygen atoms in total. The van der Waals surface area contributed by atoms with Gasteiger partial charge in [0, 0.05) is 31.5 Å². The Kier molecular flexibility index (Phi) is 4.34. The molecule has 2 rings (SSSR count). The Balaban J connectivity index is 1.94. The second kappa shape index (κ2) is 5.84. The predicted octanol–water partition coefficient (Wildman–Crippen LogP) is -0.00170. The molecule has 1 atom stereocenters. The molecule has 0 saturated carbocycles. The standard InChI is InChI=1S/C12H20N4O3S/c1-20(18,19)15-6-9-3-2-4-16(8-9)12(17)11-5-10(13)7-14-11/h5,7,9,14-15H,2-4,6,8,13H2,1H3. The Labute approximate surface area is 118 Å². The van der Waals surface area contributed by atoms with Crippen molar-refractivity contribution in [3.63, 3.8) is 0 Å². The van der Waals surface area contributed by atoms with Crippen LogP contribution in [0.15, 0.2) is 12.3 Å². The van der Waals surface area contributed by atoms with E-state index in [1.165, 1.54) is 0 Å². The Morgan fingerprint density at radius 2 is 2.35 bits per heavy atom. The first-order valence-electron chi connectivity index (χ1n) is 6.53. The summed E-state index contributed by atoms with van der Waals surface area (Å²) < 4.78 is 24.7. The number of piperidine rings is 1. The van der Waals surface area contributed by atoms with Gasteiger partial charge in [-0.25, -0.2) is 13.1 Å². The Hall–Kier alpha value is -1.54. The Morgan fingerprint density at radius 1 is 1.60 bits per heavy atom. The highest BCUT2D eigenvalue weighted by molar-refractivity contribution is 7.88. The molecule has 1 unspecified atom stereocenters. The number of amides is 1. The summed E-state index contributed by atoms with van der Waals surface area (Å²) in [7, 11) is -3.19. The van der Waals surface area contributed by atoms with Crippen LogP contribution in [0.2, 0.25) is 0 Å². The van der Waals surface area contributed by atoms with Crippen LogP contribution >= 0.6 is 0 Å². The van der Waals surface area contributed by atoms with Gasteiger partial charge < -0.3 is 15.6 Å². The van der Waals surface area contributed by atoms with E-state index in [9.17, 15) is 13.2 Å². The smallest absolute Gasteiger partial charge is 0.270 e. The van der Waals surface area contributed by atoms with Gasteiger partial charge in [0.25, 0.3) is 5.91 Å². The molecule has 1 aliphatic rings. The van der Waals surface area contributed by atoms with Crippen LogP contribution in [0, 0.1) is 5.92 Å². The van der Waals surface area contributed by atoms with Crippen molar-refractivity contribution in [1.29, 1.82) is 0 Å². The molecule has 112 valence electrons. The molecule has 2 heterocycles. The lowest BCUT2D eigenvalue weighted by Gasteiger charge is -2.32. The van der Waals surface area contributed by atoms with Gasteiger partial charge >= 0.3 is 0 Å². The summed E-state index contributed by atoms with van der Waals surface area (Å²) in [5.74, 6) is 0.0560. The number of nitrogens with zero attached hydrogens (tertiary/aromatic N) is 1. The molecule has 1 aromatic rings. The van der Waals surface area contributed by atoms with Gasteiger partial charge in [0.05, 0.1) is 6.26 Å². The first-order chi connectivity index (χ1) is 9.35. The van der Waals surface area contributed by atoms with E-state index in [4.69, 9.17) is 5.73 Å². The normalized spacial score (nSPS) is 20.1. The van der Waals surface area contributed by atoms with Crippen LogP contribution in [-0.4, -0.2) is 50.1 Å². The zero-order valence-electron chi connectivity index (χ0n) is 11.4. The molecule has 0 spiro atoms. The Bertz CT molecular complexity index is 581. The second-order valence-corrected chi connectivity index (χ2v) is 7.06. The number of rotatable bonds is 4. The van der Waals surface area contributed by atoms with Crippen LogP contribution in [0.25, 0.3) is 0 Å². The summed E-state index contributed by atoms with van der Waals surface area (Å²) >= 11 is 0. The largest absolute Gasteiger partial charge is 0.397 e. The minimum atomic E-state index is -3.19. The summed E-state index contributed by atoms with van der Waals surface area (Å²) in [4.78, 5) is 16.8. The monoisotopic (exact) mass is 300 g/mol. The summed E-state index contributed by atoms with van der Waals surface area (Å²) in [5.41, 5.74) is 6.59. The van der Waals surface area contributed by atoms with E-state index < -0.39 is 10.0 Å². The van der Waals surface area contributed by atoms with Crippen molar-refractivity contribution >= 4 is 21.6 Å². The van der Waals surface area contributed by atoms with Crippen LogP contribution in [0.1, 0.15) is 23.3 Å². The van der Waals surface area contributed by atoms with Crippen molar-refractivity contribution < 1.29 is 13.2 Å². The van der Waals surface area contributed by atoms with Crippen LogP contribution < -0.4 is 10.5 Å². The van der Waals surface area contributed by atoms with Crippen molar-refractivity contribution in [2.24, 2.45) is 5.92 Å². The summed E-state index contributed by atoms with van der Waals surface area (Å²) in [6.45, 7) is 1.61. The van der Waals surface area contributed by atoms with E-state index >= 15 is 0 Å². The first-order valence-corrected chi connectivity index (χ1v) is 8.42. The number of hydrogen-bond acceptors (Lipinski definition) is 4. The van der Waals surface area contributed by atoms with Gasteiger partial charge in [0.1, 0.15) is 5.69 Å². The fourth-order valence-electron chi connectivity index (χ4n) is 2.39. The fraction of sp³-hybridized carbons (Fsp3) is 0.583. The Morgan fingerprint density at radius 3 is 2.95 bits per heavy atom. The quantitative estimate of drug-likeness (QED) is 0.727. The van der Waals surface area contributed by atoms with E-state index in [1.54, 1.807) is 17.2 Å². The van der Waals surface area contributed by atoms with Crippen molar-refractivity contribution in [1.82, 2.24) is 14.6 Å². The van der Waals surface area contributed by atoms with E-state index in [-0.39, 0.29) is 11.8 Å². The summed E-state index contributed by atoms with van der Waals surface area (Å²) in [6, 6.07) is 1.61. The maximum absolute atomic E-state index is 12.3. The highest BCUT2D eigenvalue weighted by atomic mass is 32.2. The molecule has 0 aromatic carbocycles. The third-order valence-electron chi connectivity index (χ3n) is 3.38. The molecule has 1 aliphatic heterocycles. The number of carbonyl (C=O) groups is 1. The minimum absolute atomic E-state index is 0.0919. The molecule has 0 bridgehead atoms. The number of likely N-dealkylation sites (tertiary alicyclic amines) is 1. The van der Waals surface area contributed by atoms with E-state index in [1.807, 2.05) is 0 Å². The molecule has 1 fully saturated rings. The minimum Gasteiger partial charge on any atom is -0.397 e. The topological polar surface area (TPSA) is 108 Å². The number of H-pyrrole nitrogens is 1. The number of hydrogen-bond donors (Lipinski definition) is 3. The third kappa shape index (κ3) is 3.97. The van der Waals surface area contributed by atoms with Gasteiger partial charge in [0.15, 0.2) is 0 Å². The van der Waals surface area contributed by atoms with E-state index in [0.29, 0.717) is 31.0 Å². The molecule has 0 aliphatic carbocycles. The third-order valence-corrected chi connectivity index (χ3v) is 4.07. The van der Waals surface area contributed by atoms with Gasteiger partial charge in [-0.3, -0.25) is 4.79 Å².